The van der Waals surface area contributed by atoms with Gasteiger partial charge in [0.05, 0.1) is 15.5 Å². The maximum atomic E-state index is 4.61. The van der Waals surface area contributed by atoms with Crippen LogP contribution in [0.2, 0.25) is 0 Å². The predicted octanol–water partition coefficient (Wildman–Crippen LogP) is 2.82. The van der Waals surface area contributed by atoms with Crippen LogP contribution in [-0.2, 0) is 5.41 Å². The molecule has 0 atom stereocenters. The highest BCUT2D eigenvalue weighted by atomic mass is 127. The molecule has 0 radical (unpaired) electrons. The van der Waals surface area contributed by atoms with E-state index in [0.717, 1.165) is 20.6 Å². The third-order valence-electron chi connectivity index (χ3n) is 2.91. The van der Waals surface area contributed by atoms with E-state index in [0.29, 0.717) is 0 Å². The molecule has 0 N–H and O–H groups in total. The van der Waals surface area contributed by atoms with Crippen molar-refractivity contribution >= 4 is 28.1 Å². The average molecular weight is 367 g/mol. The molecule has 0 fully saturated rings. The molecule has 3 aromatic rings. The topological polar surface area (TPSA) is 48.0 Å². The Balaban J connectivity index is 2.23. The Morgan fingerprint density at radius 1 is 1.26 bits per heavy atom. The van der Waals surface area contributed by atoms with E-state index in [1.807, 2.05) is 23.1 Å². The molecule has 3 aromatic heterocycles. The van der Waals surface area contributed by atoms with Gasteiger partial charge in [0, 0.05) is 24.0 Å². The molecule has 0 saturated heterocycles. The lowest BCUT2D eigenvalue weighted by atomic mass is 9.92. The Bertz CT molecular complexity index is 735. The van der Waals surface area contributed by atoms with Gasteiger partial charge in [0.1, 0.15) is 5.52 Å². The molecular weight excluding hydrogens is 353 g/mol. The van der Waals surface area contributed by atoms with Crippen molar-refractivity contribution in [3.05, 3.63) is 40.1 Å². The minimum atomic E-state index is 0.0157. The van der Waals surface area contributed by atoms with Crippen molar-refractivity contribution in [2.24, 2.45) is 0 Å². The first-order chi connectivity index (χ1) is 8.95. The summed E-state index contributed by atoms with van der Waals surface area (Å²) in [5.74, 6) is 0.799. The molecular formula is C13H14IN5. The monoisotopic (exact) mass is 367 g/mol. The molecule has 0 unspecified atom stereocenters. The van der Waals surface area contributed by atoms with Gasteiger partial charge in [0.15, 0.2) is 5.82 Å². The molecule has 3 rings (SSSR count). The summed E-state index contributed by atoms with van der Waals surface area (Å²) in [6, 6.07) is 2.08. The third-order valence-corrected chi connectivity index (χ3v) is 3.46. The Hall–Kier alpha value is -1.44. The number of halogens is 1. The zero-order chi connectivity index (χ0) is 13.6. The van der Waals surface area contributed by atoms with Gasteiger partial charge in [-0.05, 0) is 28.7 Å². The van der Waals surface area contributed by atoms with Gasteiger partial charge in [-0.1, -0.05) is 20.8 Å². The van der Waals surface area contributed by atoms with Crippen molar-refractivity contribution in [3.63, 3.8) is 0 Å². The largest absolute Gasteiger partial charge is 0.235 e. The molecule has 3 heterocycles. The van der Waals surface area contributed by atoms with Gasteiger partial charge in [-0.2, -0.15) is 10.2 Å². The Kier molecular flexibility index (Phi) is 2.84. The van der Waals surface area contributed by atoms with Crippen LogP contribution in [0.4, 0.5) is 0 Å². The Morgan fingerprint density at radius 3 is 2.68 bits per heavy atom. The van der Waals surface area contributed by atoms with Crippen LogP contribution in [0.3, 0.4) is 0 Å². The lowest BCUT2D eigenvalue weighted by Gasteiger charge is -2.13. The number of hydrogen-bond donors (Lipinski definition) is 0. The lowest BCUT2D eigenvalue weighted by Crippen LogP contribution is -2.11. The summed E-state index contributed by atoms with van der Waals surface area (Å²) in [5.41, 5.74) is 2.03. The van der Waals surface area contributed by atoms with Crippen LogP contribution in [0.15, 0.2) is 30.9 Å². The van der Waals surface area contributed by atoms with Crippen LogP contribution < -0.4 is 0 Å². The van der Waals surface area contributed by atoms with E-state index in [2.05, 4.69) is 64.6 Å². The molecule has 0 bridgehead atoms. The first-order valence-electron chi connectivity index (χ1n) is 6.00. The first-order valence-corrected chi connectivity index (χ1v) is 7.08. The summed E-state index contributed by atoms with van der Waals surface area (Å²) < 4.78 is 4.72. The summed E-state index contributed by atoms with van der Waals surface area (Å²) in [5, 5.41) is 8.92. The van der Waals surface area contributed by atoms with E-state index in [-0.39, 0.29) is 5.41 Å². The molecule has 0 aliphatic rings. The smallest absolute Gasteiger partial charge is 0.179 e. The van der Waals surface area contributed by atoms with Crippen molar-refractivity contribution in [2.45, 2.75) is 26.2 Å². The number of aromatic nitrogens is 5. The lowest BCUT2D eigenvalue weighted by molar-refractivity contribution is 0.562. The van der Waals surface area contributed by atoms with E-state index in [4.69, 9.17) is 0 Å². The fraction of sp³-hybridized carbons (Fsp3) is 0.308. The van der Waals surface area contributed by atoms with E-state index < -0.39 is 0 Å². The summed E-state index contributed by atoms with van der Waals surface area (Å²) in [4.78, 5) is 4.42. The van der Waals surface area contributed by atoms with Crippen LogP contribution in [0.25, 0.3) is 11.3 Å². The highest BCUT2D eigenvalue weighted by Gasteiger charge is 2.19. The molecule has 0 amide bonds. The molecule has 6 heteroatoms. The summed E-state index contributed by atoms with van der Waals surface area (Å²) >= 11 is 2.24. The van der Waals surface area contributed by atoms with Crippen LogP contribution in [0, 0.1) is 3.57 Å². The van der Waals surface area contributed by atoms with E-state index in [1.54, 1.807) is 10.9 Å². The maximum absolute atomic E-state index is 4.61. The average Bonchev–Trinajstić information content (AvgIpc) is 2.93. The van der Waals surface area contributed by atoms with Crippen molar-refractivity contribution in [2.75, 3.05) is 0 Å². The number of rotatable bonds is 1. The van der Waals surface area contributed by atoms with Gasteiger partial charge >= 0.3 is 0 Å². The minimum Gasteiger partial charge on any atom is -0.235 e. The zero-order valence-corrected chi connectivity index (χ0v) is 13.2. The SMILES string of the molecule is CC(C)(C)c1cc2c(-n3cc(I)cn3)nccn2n1. The van der Waals surface area contributed by atoms with Gasteiger partial charge in [0.25, 0.3) is 0 Å². The Morgan fingerprint density at radius 2 is 2.05 bits per heavy atom. The van der Waals surface area contributed by atoms with Crippen LogP contribution >= 0.6 is 22.6 Å². The standard InChI is InChI=1S/C13H14IN5/c1-13(2,3)11-6-10-12(15-4-5-18(10)17-11)19-8-9(14)7-16-19/h4-8H,1-3H3. The molecule has 0 spiro atoms. The van der Waals surface area contributed by atoms with Crippen molar-refractivity contribution < 1.29 is 0 Å². The van der Waals surface area contributed by atoms with Gasteiger partial charge in [-0.15, -0.1) is 0 Å². The van der Waals surface area contributed by atoms with Gasteiger partial charge in [-0.3, -0.25) is 0 Å². The van der Waals surface area contributed by atoms with Crippen LogP contribution in [0.5, 0.6) is 0 Å². The molecule has 98 valence electrons. The van der Waals surface area contributed by atoms with Crippen LogP contribution in [0.1, 0.15) is 26.5 Å². The summed E-state index contributed by atoms with van der Waals surface area (Å²) in [6.07, 6.45) is 7.37. The van der Waals surface area contributed by atoms with Crippen molar-refractivity contribution in [1.82, 2.24) is 24.4 Å². The molecule has 0 aliphatic carbocycles. The number of fused-ring (bicyclic) bond motifs is 1. The third kappa shape index (κ3) is 2.24. The summed E-state index contributed by atoms with van der Waals surface area (Å²) in [6.45, 7) is 6.45. The van der Waals surface area contributed by atoms with Gasteiger partial charge in [0.2, 0.25) is 0 Å². The first kappa shape index (κ1) is 12.6. The number of hydrogen-bond acceptors (Lipinski definition) is 3. The van der Waals surface area contributed by atoms with Crippen molar-refractivity contribution in [1.29, 1.82) is 0 Å². The minimum absolute atomic E-state index is 0.0157. The quantitative estimate of drug-likeness (QED) is 0.622. The normalized spacial score (nSPS) is 12.2. The second-order valence-electron chi connectivity index (χ2n) is 5.46. The fourth-order valence-electron chi connectivity index (χ4n) is 1.87. The van der Waals surface area contributed by atoms with E-state index in [9.17, 15) is 0 Å². The van der Waals surface area contributed by atoms with Gasteiger partial charge in [-0.25, -0.2) is 14.2 Å². The van der Waals surface area contributed by atoms with Gasteiger partial charge < -0.3 is 0 Å². The molecule has 0 aromatic carbocycles. The predicted molar refractivity (Wildman–Crippen MR) is 81.5 cm³/mol. The molecule has 0 saturated carbocycles. The molecule has 0 aliphatic heterocycles. The highest BCUT2D eigenvalue weighted by molar-refractivity contribution is 14.1. The highest BCUT2D eigenvalue weighted by Crippen LogP contribution is 2.24. The van der Waals surface area contributed by atoms with Crippen LogP contribution in [-0.4, -0.2) is 24.4 Å². The van der Waals surface area contributed by atoms with E-state index in [1.165, 1.54) is 0 Å². The second kappa shape index (κ2) is 4.29. The van der Waals surface area contributed by atoms with E-state index >= 15 is 0 Å². The molecule has 5 nitrogen and oxygen atoms in total. The summed E-state index contributed by atoms with van der Waals surface area (Å²) in [7, 11) is 0. The fourth-order valence-corrected chi connectivity index (χ4v) is 2.26. The van der Waals surface area contributed by atoms with Crippen molar-refractivity contribution in [3.8, 4) is 5.82 Å². The molecule has 19 heavy (non-hydrogen) atoms. The zero-order valence-electron chi connectivity index (χ0n) is 11.0. The maximum Gasteiger partial charge on any atom is 0.179 e. The second-order valence-corrected chi connectivity index (χ2v) is 6.71. The Labute approximate surface area is 124 Å². The number of nitrogens with zero attached hydrogens (tertiary/aromatic N) is 5.